The predicted molar refractivity (Wildman–Crippen MR) is 80.8 cm³/mol. The summed E-state index contributed by atoms with van der Waals surface area (Å²) < 4.78 is 22.0. The first-order valence-electron chi connectivity index (χ1n) is 7.82. The molecule has 0 aromatic carbocycles. The van der Waals surface area contributed by atoms with Crippen molar-refractivity contribution in [2.75, 3.05) is 12.3 Å². The van der Waals surface area contributed by atoms with Crippen molar-refractivity contribution in [2.24, 2.45) is 27.3 Å². The van der Waals surface area contributed by atoms with Crippen molar-refractivity contribution < 1.29 is 13.2 Å². The number of amides is 1. The first-order valence-corrected chi connectivity index (χ1v) is 9.54. The van der Waals surface area contributed by atoms with Crippen LogP contribution in [0, 0.1) is 22.2 Å². The van der Waals surface area contributed by atoms with Crippen molar-refractivity contribution in [3.8, 4) is 0 Å². The first-order chi connectivity index (χ1) is 9.53. The molecule has 3 N–H and O–H groups in total. The smallest absolute Gasteiger partial charge is 0.226 e. The van der Waals surface area contributed by atoms with Crippen LogP contribution < -0.4 is 10.5 Å². The molecule has 4 fully saturated rings. The summed E-state index contributed by atoms with van der Waals surface area (Å²) in [7, 11) is -3.51. The van der Waals surface area contributed by atoms with Crippen LogP contribution in [0.3, 0.4) is 0 Å². The monoisotopic (exact) mass is 314 g/mol. The maximum Gasteiger partial charge on any atom is 0.226 e. The summed E-state index contributed by atoms with van der Waals surface area (Å²) in [5.74, 6) is 0.514. The van der Waals surface area contributed by atoms with E-state index in [-0.39, 0.29) is 34.4 Å². The van der Waals surface area contributed by atoms with E-state index in [0.717, 1.165) is 19.3 Å². The molecule has 0 saturated heterocycles. The van der Waals surface area contributed by atoms with Gasteiger partial charge in [-0.3, -0.25) is 4.79 Å². The molecule has 5 nitrogen and oxygen atoms in total. The molecular weight excluding hydrogens is 288 g/mol. The number of carbonyl (C=O) groups is 1. The van der Waals surface area contributed by atoms with Gasteiger partial charge in [0.25, 0.3) is 0 Å². The average molecular weight is 314 g/mol. The third-order valence-corrected chi connectivity index (χ3v) is 6.55. The van der Waals surface area contributed by atoms with Gasteiger partial charge in [-0.05, 0) is 55.3 Å². The van der Waals surface area contributed by atoms with E-state index in [2.05, 4.69) is 19.2 Å². The molecule has 1 amide bonds. The Bertz CT molecular complexity index is 553. The van der Waals surface area contributed by atoms with E-state index in [1.807, 2.05) is 0 Å². The summed E-state index contributed by atoms with van der Waals surface area (Å²) in [6.07, 6.45) is 6.59. The molecular formula is C15H26N2O3S. The first kappa shape index (κ1) is 15.3. The van der Waals surface area contributed by atoms with E-state index >= 15 is 0 Å². The van der Waals surface area contributed by atoms with Gasteiger partial charge in [-0.2, -0.15) is 0 Å². The molecule has 4 aliphatic rings. The summed E-state index contributed by atoms with van der Waals surface area (Å²) in [5, 5.41) is 7.82. The summed E-state index contributed by atoms with van der Waals surface area (Å²) in [4.78, 5) is 12.7. The predicted octanol–water partition coefficient (Wildman–Crippen LogP) is 1.39. The summed E-state index contributed by atoms with van der Waals surface area (Å²) >= 11 is 0. The maximum atomic E-state index is 12.7. The Hall–Kier alpha value is -0.620. The number of sulfonamides is 1. The number of hydrogen-bond acceptors (Lipinski definition) is 3. The number of rotatable bonds is 4. The van der Waals surface area contributed by atoms with Gasteiger partial charge in [-0.15, -0.1) is 0 Å². The van der Waals surface area contributed by atoms with E-state index in [4.69, 9.17) is 5.14 Å². The van der Waals surface area contributed by atoms with Crippen molar-refractivity contribution in [2.45, 2.75) is 52.4 Å². The molecule has 2 atom stereocenters. The minimum Gasteiger partial charge on any atom is -0.355 e. The zero-order valence-corrected chi connectivity index (χ0v) is 13.8. The SMILES string of the molecule is CC12CC3CC(C)(C1)CC(C(=O)NCCS(N)(=O)=O)(C3)C2. The zero-order chi connectivity index (χ0) is 15.5. The lowest BCUT2D eigenvalue weighted by Gasteiger charge is -2.64. The molecule has 0 spiro atoms. The Balaban J connectivity index is 1.74. The molecule has 0 heterocycles. The van der Waals surface area contributed by atoms with Gasteiger partial charge < -0.3 is 5.32 Å². The summed E-state index contributed by atoms with van der Waals surface area (Å²) in [6, 6.07) is 0. The molecule has 4 rings (SSSR count). The molecule has 4 bridgehead atoms. The van der Waals surface area contributed by atoms with Crippen LogP contribution in [0.2, 0.25) is 0 Å². The van der Waals surface area contributed by atoms with Crippen LogP contribution in [-0.4, -0.2) is 26.6 Å². The zero-order valence-electron chi connectivity index (χ0n) is 12.9. The van der Waals surface area contributed by atoms with Gasteiger partial charge in [-0.1, -0.05) is 13.8 Å². The molecule has 4 aliphatic carbocycles. The van der Waals surface area contributed by atoms with Gasteiger partial charge in [-0.25, -0.2) is 13.6 Å². The van der Waals surface area contributed by atoms with Crippen molar-refractivity contribution in [1.82, 2.24) is 5.32 Å². The van der Waals surface area contributed by atoms with Gasteiger partial charge in [0, 0.05) is 6.54 Å². The van der Waals surface area contributed by atoms with Gasteiger partial charge in [0.2, 0.25) is 15.9 Å². The molecule has 120 valence electrons. The van der Waals surface area contributed by atoms with Gasteiger partial charge in [0.05, 0.1) is 11.2 Å². The normalized spacial score (nSPS) is 44.8. The summed E-state index contributed by atoms with van der Waals surface area (Å²) in [5.41, 5.74) is 0.290. The Kier molecular flexibility index (Phi) is 3.23. The van der Waals surface area contributed by atoms with Gasteiger partial charge in [0.15, 0.2) is 0 Å². The highest BCUT2D eigenvalue weighted by Crippen LogP contribution is 2.69. The largest absolute Gasteiger partial charge is 0.355 e. The van der Waals surface area contributed by atoms with Gasteiger partial charge >= 0.3 is 0 Å². The van der Waals surface area contributed by atoms with E-state index in [1.165, 1.54) is 19.3 Å². The molecule has 0 radical (unpaired) electrons. The summed E-state index contributed by atoms with van der Waals surface area (Å²) in [6.45, 7) is 4.77. The van der Waals surface area contributed by atoms with E-state index in [9.17, 15) is 13.2 Å². The molecule has 4 saturated carbocycles. The van der Waals surface area contributed by atoms with E-state index in [0.29, 0.717) is 5.92 Å². The molecule has 21 heavy (non-hydrogen) atoms. The van der Waals surface area contributed by atoms with Crippen LogP contribution in [0.4, 0.5) is 0 Å². The minimum absolute atomic E-state index is 0.0488. The molecule has 0 aromatic heterocycles. The third kappa shape index (κ3) is 2.84. The Morgan fingerprint density at radius 3 is 2.19 bits per heavy atom. The number of nitrogens with two attached hydrogens (primary N) is 1. The van der Waals surface area contributed by atoms with Crippen LogP contribution in [0.25, 0.3) is 0 Å². The van der Waals surface area contributed by atoms with Crippen molar-refractivity contribution in [3.63, 3.8) is 0 Å². The highest BCUT2D eigenvalue weighted by atomic mass is 32.2. The second-order valence-electron chi connectivity index (χ2n) is 8.53. The molecule has 6 heteroatoms. The van der Waals surface area contributed by atoms with E-state index < -0.39 is 10.0 Å². The van der Waals surface area contributed by atoms with Crippen molar-refractivity contribution >= 4 is 15.9 Å². The highest BCUT2D eigenvalue weighted by molar-refractivity contribution is 7.89. The lowest BCUT2D eigenvalue weighted by Crippen LogP contribution is -2.60. The fraction of sp³-hybridized carbons (Fsp3) is 0.933. The fourth-order valence-corrected chi connectivity index (χ4v) is 6.58. The van der Waals surface area contributed by atoms with Crippen molar-refractivity contribution in [3.05, 3.63) is 0 Å². The topological polar surface area (TPSA) is 89.3 Å². The number of hydrogen-bond donors (Lipinski definition) is 2. The van der Waals surface area contributed by atoms with Crippen LogP contribution in [-0.2, 0) is 14.8 Å². The van der Waals surface area contributed by atoms with Gasteiger partial charge in [0.1, 0.15) is 0 Å². The van der Waals surface area contributed by atoms with Crippen LogP contribution in [0.15, 0.2) is 0 Å². The number of nitrogens with one attached hydrogen (secondary N) is 1. The standard InChI is InChI=1S/C15H26N2O3S/c1-13-5-11-6-14(2,8-13)10-15(7-11,9-13)12(18)17-3-4-21(16,19)20/h11H,3-10H2,1-2H3,(H,17,18)(H2,16,19,20). The fourth-order valence-electron chi connectivity index (χ4n) is 6.20. The van der Waals surface area contributed by atoms with Crippen LogP contribution >= 0.6 is 0 Å². The molecule has 0 aromatic rings. The second kappa shape index (κ2) is 4.44. The Labute approximate surface area is 127 Å². The lowest BCUT2D eigenvalue weighted by atomic mass is 9.40. The Morgan fingerprint density at radius 1 is 1.14 bits per heavy atom. The highest BCUT2D eigenvalue weighted by Gasteiger charge is 2.62. The lowest BCUT2D eigenvalue weighted by molar-refractivity contribution is -0.170. The van der Waals surface area contributed by atoms with Crippen molar-refractivity contribution in [1.29, 1.82) is 0 Å². The van der Waals surface area contributed by atoms with E-state index in [1.54, 1.807) is 0 Å². The third-order valence-electron chi connectivity index (χ3n) is 5.78. The molecule has 0 aliphatic heterocycles. The number of carbonyl (C=O) groups excluding carboxylic acids is 1. The quantitative estimate of drug-likeness (QED) is 0.821. The van der Waals surface area contributed by atoms with Crippen LogP contribution in [0.5, 0.6) is 0 Å². The number of primary sulfonamides is 1. The average Bonchev–Trinajstić information content (AvgIpc) is 2.21. The second-order valence-corrected chi connectivity index (χ2v) is 10.3. The van der Waals surface area contributed by atoms with Crippen LogP contribution in [0.1, 0.15) is 52.4 Å². The molecule has 2 unspecified atom stereocenters. The Morgan fingerprint density at radius 2 is 1.71 bits per heavy atom. The maximum absolute atomic E-state index is 12.7. The minimum atomic E-state index is -3.51.